The zero-order valence-corrected chi connectivity index (χ0v) is 10.4. The van der Waals surface area contributed by atoms with E-state index in [4.69, 9.17) is 0 Å². The van der Waals surface area contributed by atoms with Gasteiger partial charge in [0.2, 0.25) is 0 Å². The van der Waals surface area contributed by atoms with E-state index in [2.05, 4.69) is 6.92 Å². The van der Waals surface area contributed by atoms with Crippen LogP contribution >= 0.6 is 0 Å². The van der Waals surface area contributed by atoms with Crippen LogP contribution in [0.2, 0.25) is 0 Å². The average molecular weight is 236 g/mol. The Morgan fingerprint density at radius 3 is 2.94 bits per heavy atom. The summed E-state index contributed by atoms with van der Waals surface area (Å²) < 4.78 is 13.1. The monoisotopic (exact) mass is 236 g/mol. The van der Waals surface area contributed by atoms with Crippen LogP contribution in [0.3, 0.4) is 0 Å². The van der Waals surface area contributed by atoms with Gasteiger partial charge in [-0.1, -0.05) is 38.3 Å². The minimum atomic E-state index is -0.493. The summed E-state index contributed by atoms with van der Waals surface area (Å²) in [5.74, 6) is 0.811. The van der Waals surface area contributed by atoms with Gasteiger partial charge in [0, 0.05) is 0 Å². The molecule has 1 aromatic rings. The van der Waals surface area contributed by atoms with Gasteiger partial charge >= 0.3 is 0 Å². The molecule has 1 saturated carbocycles. The number of benzene rings is 1. The molecule has 0 aliphatic heterocycles. The van der Waals surface area contributed by atoms with Crippen LogP contribution in [-0.2, 0) is 0 Å². The second-order valence-corrected chi connectivity index (χ2v) is 5.23. The van der Waals surface area contributed by atoms with Crippen molar-refractivity contribution in [3.05, 3.63) is 35.6 Å². The molecule has 0 unspecified atom stereocenters. The summed E-state index contributed by atoms with van der Waals surface area (Å²) in [6, 6.07) is 6.37. The lowest BCUT2D eigenvalue weighted by molar-refractivity contribution is 0.108. The second kappa shape index (κ2) is 5.63. The number of rotatable bonds is 4. The van der Waals surface area contributed by atoms with E-state index in [0.29, 0.717) is 5.92 Å². The maximum Gasteiger partial charge on any atom is 0.123 e. The van der Waals surface area contributed by atoms with E-state index in [1.165, 1.54) is 31.4 Å². The molecular formula is C15H21FO. The first kappa shape index (κ1) is 12.6. The van der Waals surface area contributed by atoms with Crippen LogP contribution in [0.25, 0.3) is 0 Å². The summed E-state index contributed by atoms with van der Waals surface area (Å²) in [4.78, 5) is 0. The predicted octanol–water partition coefficient (Wildman–Crippen LogP) is 4.08. The Labute approximate surface area is 103 Å². The summed E-state index contributed by atoms with van der Waals surface area (Å²) >= 11 is 0. The molecule has 1 N–H and O–H groups in total. The van der Waals surface area contributed by atoms with Crippen LogP contribution in [0.5, 0.6) is 0 Å². The Kier molecular flexibility index (Phi) is 4.16. The SMILES string of the molecule is CCC[C@@H]1CC[C@H]([C@H](O)c2cccc(F)c2)C1. The Morgan fingerprint density at radius 2 is 2.24 bits per heavy atom. The van der Waals surface area contributed by atoms with Crippen molar-refractivity contribution in [3.8, 4) is 0 Å². The lowest BCUT2D eigenvalue weighted by Gasteiger charge is -2.18. The van der Waals surface area contributed by atoms with Gasteiger partial charge in [-0.3, -0.25) is 0 Å². The topological polar surface area (TPSA) is 20.2 Å². The van der Waals surface area contributed by atoms with Gasteiger partial charge in [-0.05, 0) is 42.4 Å². The van der Waals surface area contributed by atoms with Crippen LogP contribution < -0.4 is 0 Å². The fourth-order valence-corrected chi connectivity index (χ4v) is 3.03. The van der Waals surface area contributed by atoms with Crippen molar-refractivity contribution >= 4 is 0 Å². The van der Waals surface area contributed by atoms with Gasteiger partial charge in [-0.2, -0.15) is 0 Å². The van der Waals surface area contributed by atoms with E-state index in [1.54, 1.807) is 6.07 Å². The lowest BCUT2D eigenvalue weighted by Crippen LogP contribution is -2.10. The van der Waals surface area contributed by atoms with Crippen molar-refractivity contribution < 1.29 is 9.50 Å². The number of hydrogen-bond donors (Lipinski definition) is 1. The second-order valence-electron chi connectivity index (χ2n) is 5.23. The molecular weight excluding hydrogens is 215 g/mol. The highest BCUT2D eigenvalue weighted by Crippen LogP contribution is 2.40. The molecule has 2 rings (SSSR count). The van der Waals surface area contributed by atoms with E-state index >= 15 is 0 Å². The van der Waals surface area contributed by atoms with E-state index < -0.39 is 6.10 Å². The summed E-state index contributed by atoms with van der Waals surface area (Å²) in [6.07, 6.45) is 5.35. The molecule has 1 nitrogen and oxygen atoms in total. The Hall–Kier alpha value is -0.890. The Bertz CT molecular complexity index is 364. The zero-order chi connectivity index (χ0) is 12.3. The number of hydrogen-bond acceptors (Lipinski definition) is 1. The summed E-state index contributed by atoms with van der Waals surface area (Å²) in [7, 11) is 0. The van der Waals surface area contributed by atoms with Gasteiger partial charge < -0.3 is 5.11 Å². The Morgan fingerprint density at radius 1 is 1.41 bits per heavy atom. The number of halogens is 1. The third-order valence-electron chi connectivity index (χ3n) is 3.92. The average Bonchev–Trinajstić information content (AvgIpc) is 2.77. The van der Waals surface area contributed by atoms with E-state index in [0.717, 1.165) is 24.3 Å². The molecule has 0 aromatic heterocycles. The third-order valence-corrected chi connectivity index (χ3v) is 3.92. The highest BCUT2D eigenvalue weighted by molar-refractivity contribution is 5.19. The molecule has 1 aliphatic rings. The molecule has 1 aromatic carbocycles. The highest BCUT2D eigenvalue weighted by Gasteiger charge is 2.30. The quantitative estimate of drug-likeness (QED) is 0.835. The molecule has 0 amide bonds. The molecule has 1 aliphatic carbocycles. The van der Waals surface area contributed by atoms with Gasteiger partial charge in [-0.15, -0.1) is 0 Å². The van der Waals surface area contributed by atoms with Crippen LogP contribution in [0, 0.1) is 17.7 Å². The summed E-state index contributed by atoms with van der Waals surface area (Å²) in [6.45, 7) is 2.20. The maximum absolute atomic E-state index is 13.1. The number of aliphatic hydroxyl groups is 1. The molecule has 0 bridgehead atoms. The Balaban J connectivity index is 1.99. The minimum absolute atomic E-state index is 0.260. The fraction of sp³-hybridized carbons (Fsp3) is 0.600. The largest absolute Gasteiger partial charge is 0.388 e. The molecule has 0 spiro atoms. The summed E-state index contributed by atoms with van der Waals surface area (Å²) in [5, 5.41) is 10.3. The molecule has 0 saturated heterocycles. The number of aliphatic hydroxyl groups excluding tert-OH is 1. The van der Waals surface area contributed by atoms with Gasteiger partial charge in [0.15, 0.2) is 0 Å². The minimum Gasteiger partial charge on any atom is -0.388 e. The fourth-order valence-electron chi connectivity index (χ4n) is 3.03. The lowest BCUT2D eigenvalue weighted by atomic mass is 9.92. The van der Waals surface area contributed by atoms with E-state index in [1.807, 2.05) is 6.07 Å². The third kappa shape index (κ3) is 3.06. The first-order valence-electron chi connectivity index (χ1n) is 6.64. The highest BCUT2D eigenvalue weighted by atomic mass is 19.1. The summed E-state index contributed by atoms with van der Waals surface area (Å²) in [5.41, 5.74) is 0.729. The van der Waals surface area contributed by atoms with Crippen LogP contribution in [0.1, 0.15) is 50.7 Å². The predicted molar refractivity (Wildman–Crippen MR) is 67.1 cm³/mol. The molecule has 94 valence electrons. The van der Waals surface area contributed by atoms with Crippen molar-refractivity contribution in [2.75, 3.05) is 0 Å². The molecule has 17 heavy (non-hydrogen) atoms. The van der Waals surface area contributed by atoms with Crippen LogP contribution in [0.4, 0.5) is 4.39 Å². The standard InChI is InChI=1S/C15H21FO/c1-2-4-11-7-8-13(9-11)15(17)12-5-3-6-14(16)10-12/h3,5-6,10-11,13,15,17H,2,4,7-9H2,1H3/t11-,13+,15-/m1/s1. The van der Waals surface area contributed by atoms with Crippen molar-refractivity contribution in [1.82, 2.24) is 0 Å². The molecule has 0 heterocycles. The normalized spacial score (nSPS) is 26.1. The first-order chi connectivity index (χ1) is 8.20. The van der Waals surface area contributed by atoms with Crippen LogP contribution in [-0.4, -0.2) is 5.11 Å². The van der Waals surface area contributed by atoms with Gasteiger partial charge in [0.05, 0.1) is 6.10 Å². The van der Waals surface area contributed by atoms with E-state index in [-0.39, 0.29) is 5.82 Å². The van der Waals surface area contributed by atoms with Gasteiger partial charge in [-0.25, -0.2) is 4.39 Å². The molecule has 0 radical (unpaired) electrons. The maximum atomic E-state index is 13.1. The van der Waals surface area contributed by atoms with Crippen molar-refractivity contribution in [3.63, 3.8) is 0 Å². The molecule has 1 fully saturated rings. The smallest absolute Gasteiger partial charge is 0.123 e. The molecule has 3 atom stereocenters. The zero-order valence-electron chi connectivity index (χ0n) is 10.4. The van der Waals surface area contributed by atoms with Crippen molar-refractivity contribution in [1.29, 1.82) is 0 Å². The first-order valence-corrected chi connectivity index (χ1v) is 6.64. The van der Waals surface area contributed by atoms with E-state index in [9.17, 15) is 9.50 Å². The van der Waals surface area contributed by atoms with Gasteiger partial charge in [0.25, 0.3) is 0 Å². The van der Waals surface area contributed by atoms with Crippen LogP contribution in [0.15, 0.2) is 24.3 Å². The molecule has 2 heteroatoms. The van der Waals surface area contributed by atoms with Crippen molar-refractivity contribution in [2.24, 2.45) is 11.8 Å². The van der Waals surface area contributed by atoms with Gasteiger partial charge in [0.1, 0.15) is 5.82 Å². The van der Waals surface area contributed by atoms with Crippen molar-refractivity contribution in [2.45, 2.75) is 45.1 Å².